The van der Waals surface area contributed by atoms with Crippen LogP contribution in [0.5, 0.6) is 5.75 Å². The molecule has 1 aromatic rings. The molecular formula is C12H15BrF2O. The molecule has 0 unspecified atom stereocenters. The van der Waals surface area contributed by atoms with Crippen molar-refractivity contribution in [3.05, 3.63) is 28.2 Å². The molecule has 0 saturated carbocycles. The van der Waals surface area contributed by atoms with E-state index in [1.807, 2.05) is 0 Å². The van der Waals surface area contributed by atoms with Crippen molar-refractivity contribution in [2.45, 2.75) is 32.6 Å². The Kier molecular flexibility index (Phi) is 5.74. The summed E-state index contributed by atoms with van der Waals surface area (Å²) in [6, 6.07) is 2.15. The maximum Gasteiger partial charge on any atom is 0.166 e. The lowest BCUT2D eigenvalue weighted by atomic mass is 10.2. The summed E-state index contributed by atoms with van der Waals surface area (Å²) in [4.78, 5) is 0. The van der Waals surface area contributed by atoms with Crippen molar-refractivity contribution in [2.75, 3.05) is 6.61 Å². The SMILES string of the molecule is CCCCCCOc1cc(F)c(Br)cc1F. The quantitative estimate of drug-likeness (QED) is 0.546. The van der Waals surface area contributed by atoms with Crippen molar-refractivity contribution in [1.82, 2.24) is 0 Å². The van der Waals surface area contributed by atoms with Crippen LogP contribution < -0.4 is 4.74 Å². The number of hydrogen-bond donors (Lipinski definition) is 0. The fourth-order valence-electron chi connectivity index (χ4n) is 1.33. The van der Waals surface area contributed by atoms with E-state index >= 15 is 0 Å². The number of benzene rings is 1. The van der Waals surface area contributed by atoms with E-state index in [0.717, 1.165) is 37.8 Å². The Bertz CT molecular complexity index is 342. The van der Waals surface area contributed by atoms with Crippen LogP contribution in [0.1, 0.15) is 32.6 Å². The average Bonchev–Trinajstić information content (AvgIpc) is 2.25. The van der Waals surface area contributed by atoms with Gasteiger partial charge >= 0.3 is 0 Å². The highest BCUT2D eigenvalue weighted by Crippen LogP contribution is 2.25. The third kappa shape index (κ3) is 4.08. The molecule has 0 aliphatic rings. The van der Waals surface area contributed by atoms with Crippen LogP contribution in [0, 0.1) is 11.6 Å². The second-order valence-corrected chi connectivity index (χ2v) is 4.46. The molecule has 0 N–H and O–H groups in total. The van der Waals surface area contributed by atoms with Gasteiger partial charge in [0.15, 0.2) is 11.6 Å². The third-order valence-corrected chi connectivity index (χ3v) is 2.84. The normalized spacial score (nSPS) is 10.5. The van der Waals surface area contributed by atoms with Crippen molar-refractivity contribution in [1.29, 1.82) is 0 Å². The van der Waals surface area contributed by atoms with Crippen molar-refractivity contribution in [3.63, 3.8) is 0 Å². The highest BCUT2D eigenvalue weighted by molar-refractivity contribution is 9.10. The largest absolute Gasteiger partial charge is 0.490 e. The van der Waals surface area contributed by atoms with E-state index < -0.39 is 11.6 Å². The molecule has 0 spiro atoms. The smallest absolute Gasteiger partial charge is 0.166 e. The van der Waals surface area contributed by atoms with Crippen LogP contribution in [-0.2, 0) is 0 Å². The van der Waals surface area contributed by atoms with Gasteiger partial charge in [-0.25, -0.2) is 8.78 Å². The molecule has 0 bridgehead atoms. The Hall–Kier alpha value is -0.640. The molecule has 0 heterocycles. The van der Waals surface area contributed by atoms with E-state index in [2.05, 4.69) is 22.9 Å². The van der Waals surface area contributed by atoms with Gasteiger partial charge in [-0.3, -0.25) is 0 Å². The summed E-state index contributed by atoms with van der Waals surface area (Å²) in [6.07, 6.45) is 4.20. The fourth-order valence-corrected chi connectivity index (χ4v) is 1.64. The second-order valence-electron chi connectivity index (χ2n) is 3.61. The minimum absolute atomic E-state index is 0.0165. The lowest BCUT2D eigenvalue weighted by Crippen LogP contribution is -2.00. The monoisotopic (exact) mass is 292 g/mol. The van der Waals surface area contributed by atoms with Crippen LogP contribution >= 0.6 is 15.9 Å². The van der Waals surface area contributed by atoms with E-state index in [1.165, 1.54) is 0 Å². The Morgan fingerprint density at radius 1 is 1.12 bits per heavy atom. The van der Waals surface area contributed by atoms with Crippen LogP contribution in [-0.4, -0.2) is 6.61 Å². The Balaban J connectivity index is 2.45. The standard InChI is InChI=1S/C12H15BrF2O/c1-2-3-4-5-6-16-12-8-10(14)9(13)7-11(12)15/h7-8H,2-6H2,1H3. The Labute approximate surface area is 103 Å². The third-order valence-electron chi connectivity index (χ3n) is 2.23. The Morgan fingerprint density at radius 2 is 1.88 bits per heavy atom. The summed E-state index contributed by atoms with van der Waals surface area (Å²) in [6.45, 7) is 2.54. The number of unbranched alkanes of at least 4 members (excludes halogenated alkanes) is 3. The van der Waals surface area contributed by atoms with Crippen molar-refractivity contribution in [2.24, 2.45) is 0 Å². The summed E-state index contributed by atoms with van der Waals surface area (Å²) < 4.78 is 31.7. The van der Waals surface area contributed by atoms with Gasteiger partial charge in [0, 0.05) is 6.07 Å². The molecular weight excluding hydrogens is 278 g/mol. The highest BCUT2D eigenvalue weighted by Gasteiger charge is 2.08. The van der Waals surface area contributed by atoms with E-state index in [1.54, 1.807) is 0 Å². The number of rotatable bonds is 6. The predicted molar refractivity (Wildman–Crippen MR) is 63.7 cm³/mol. The van der Waals surface area contributed by atoms with E-state index in [4.69, 9.17) is 4.74 Å². The van der Waals surface area contributed by atoms with Gasteiger partial charge in [-0.2, -0.15) is 0 Å². The minimum Gasteiger partial charge on any atom is -0.490 e. The number of ether oxygens (including phenoxy) is 1. The first-order valence-electron chi connectivity index (χ1n) is 5.42. The van der Waals surface area contributed by atoms with Crippen LogP contribution in [0.25, 0.3) is 0 Å². The van der Waals surface area contributed by atoms with Crippen molar-refractivity contribution in [3.8, 4) is 5.75 Å². The molecule has 0 atom stereocenters. The number of hydrogen-bond acceptors (Lipinski definition) is 1. The minimum atomic E-state index is -0.538. The molecule has 0 aliphatic heterocycles. The van der Waals surface area contributed by atoms with Gasteiger partial charge < -0.3 is 4.74 Å². The first-order valence-corrected chi connectivity index (χ1v) is 6.21. The first kappa shape index (κ1) is 13.4. The maximum absolute atomic E-state index is 13.3. The highest BCUT2D eigenvalue weighted by atomic mass is 79.9. The van der Waals surface area contributed by atoms with Crippen LogP contribution in [0.15, 0.2) is 16.6 Å². The van der Waals surface area contributed by atoms with Gasteiger partial charge in [-0.05, 0) is 28.4 Å². The molecule has 0 amide bonds. The predicted octanol–water partition coefficient (Wildman–Crippen LogP) is 4.69. The molecule has 0 aromatic heterocycles. The van der Waals surface area contributed by atoms with Crippen molar-refractivity contribution < 1.29 is 13.5 Å². The molecule has 1 aromatic carbocycles. The Morgan fingerprint density at radius 3 is 2.56 bits per heavy atom. The second kappa shape index (κ2) is 6.84. The molecule has 0 radical (unpaired) electrons. The van der Waals surface area contributed by atoms with Crippen LogP contribution in [0.2, 0.25) is 0 Å². The van der Waals surface area contributed by atoms with Gasteiger partial charge in [-0.15, -0.1) is 0 Å². The zero-order chi connectivity index (χ0) is 12.0. The van der Waals surface area contributed by atoms with Gasteiger partial charge in [0.25, 0.3) is 0 Å². The fraction of sp³-hybridized carbons (Fsp3) is 0.500. The molecule has 0 saturated heterocycles. The van der Waals surface area contributed by atoms with E-state index in [0.29, 0.717) is 6.61 Å². The summed E-state index contributed by atoms with van der Waals surface area (Å²) in [7, 11) is 0. The summed E-state index contributed by atoms with van der Waals surface area (Å²) in [5.41, 5.74) is 0. The maximum atomic E-state index is 13.3. The van der Waals surface area contributed by atoms with E-state index in [-0.39, 0.29) is 10.2 Å². The molecule has 0 fully saturated rings. The van der Waals surface area contributed by atoms with Gasteiger partial charge in [-0.1, -0.05) is 26.2 Å². The lowest BCUT2D eigenvalue weighted by molar-refractivity contribution is 0.288. The zero-order valence-electron chi connectivity index (χ0n) is 9.23. The molecule has 90 valence electrons. The molecule has 1 rings (SSSR count). The molecule has 4 heteroatoms. The molecule has 16 heavy (non-hydrogen) atoms. The summed E-state index contributed by atoms with van der Waals surface area (Å²) in [5.74, 6) is -1.06. The summed E-state index contributed by atoms with van der Waals surface area (Å²) in [5, 5.41) is 0. The zero-order valence-corrected chi connectivity index (χ0v) is 10.8. The van der Waals surface area contributed by atoms with Crippen LogP contribution in [0.3, 0.4) is 0 Å². The van der Waals surface area contributed by atoms with E-state index in [9.17, 15) is 8.78 Å². The first-order chi connectivity index (χ1) is 7.65. The van der Waals surface area contributed by atoms with Crippen molar-refractivity contribution >= 4 is 15.9 Å². The lowest BCUT2D eigenvalue weighted by Gasteiger charge is -2.07. The number of halogens is 3. The van der Waals surface area contributed by atoms with Gasteiger partial charge in [0.1, 0.15) is 5.82 Å². The van der Waals surface area contributed by atoms with Crippen LogP contribution in [0.4, 0.5) is 8.78 Å². The van der Waals surface area contributed by atoms with Gasteiger partial charge in [0.05, 0.1) is 11.1 Å². The molecule has 1 nitrogen and oxygen atoms in total. The molecule has 0 aliphatic carbocycles. The van der Waals surface area contributed by atoms with Gasteiger partial charge in [0.2, 0.25) is 0 Å². The summed E-state index contributed by atoms with van der Waals surface area (Å²) >= 11 is 2.91. The topological polar surface area (TPSA) is 9.23 Å². The average molecular weight is 293 g/mol.